The number of methoxy groups -OCH3 is 1. The Morgan fingerprint density at radius 2 is 1.76 bits per heavy atom. The summed E-state index contributed by atoms with van der Waals surface area (Å²) in [5.41, 5.74) is 5.99. The molecule has 1 aliphatic rings. The minimum absolute atomic E-state index is 0.140. The highest BCUT2D eigenvalue weighted by Gasteiger charge is 2.22. The van der Waals surface area contributed by atoms with Gasteiger partial charge >= 0.3 is 0 Å². The van der Waals surface area contributed by atoms with Crippen LogP contribution >= 0.6 is 0 Å². The molecule has 0 aliphatic carbocycles. The van der Waals surface area contributed by atoms with E-state index in [0.717, 1.165) is 49.5 Å². The molecular formula is C31H34N4O2. The number of rotatable bonds is 7. The summed E-state index contributed by atoms with van der Waals surface area (Å²) in [6.07, 6.45) is 0.931. The molecule has 1 N–H and O–H groups in total. The first-order chi connectivity index (χ1) is 18.0. The number of ether oxygens (including phenoxy) is 1. The van der Waals surface area contributed by atoms with Crippen molar-refractivity contribution < 1.29 is 9.53 Å². The van der Waals surface area contributed by atoms with Crippen molar-refractivity contribution in [1.82, 2.24) is 9.88 Å². The number of aryl methyl sites for hydroxylation is 1. The molecule has 6 heteroatoms. The summed E-state index contributed by atoms with van der Waals surface area (Å²) in [6.45, 7) is 8.35. The molecule has 1 aliphatic heterocycles. The summed E-state index contributed by atoms with van der Waals surface area (Å²) in [5.74, 6) is 0.529. The van der Waals surface area contributed by atoms with Gasteiger partial charge in [-0.1, -0.05) is 24.3 Å². The van der Waals surface area contributed by atoms with Gasteiger partial charge in [0.05, 0.1) is 12.6 Å². The summed E-state index contributed by atoms with van der Waals surface area (Å²) in [5, 5.41) is 4.25. The van der Waals surface area contributed by atoms with Crippen LogP contribution in [0.2, 0.25) is 0 Å². The first-order valence-corrected chi connectivity index (χ1v) is 12.9. The number of aromatic nitrogens is 1. The Hall–Kier alpha value is -3.90. The van der Waals surface area contributed by atoms with Crippen molar-refractivity contribution in [2.24, 2.45) is 0 Å². The van der Waals surface area contributed by atoms with Gasteiger partial charge in [0.2, 0.25) is 0 Å². The van der Waals surface area contributed by atoms with Gasteiger partial charge in [-0.3, -0.25) is 14.7 Å². The van der Waals surface area contributed by atoms with Crippen molar-refractivity contribution in [1.29, 1.82) is 0 Å². The van der Waals surface area contributed by atoms with Gasteiger partial charge in [-0.2, -0.15) is 0 Å². The minimum Gasteiger partial charge on any atom is -0.497 e. The van der Waals surface area contributed by atoms with Crippen molar-refractivity contribution in [3.63, 3.8) is 0 Å². The number of nitrogens with zero attached hydrogens (tertiary/aromatic N) is 3. The van der Waals surface area contributed by atoms with Gasteiger partial charge in [0, 0.05) is 60.2 Å². The molecular weight excluding hydrogens is 460 g/mol. The maximum atomic E-state index is 12.7. The van der Waals surface area contributed by atoms with Crippen LogP contribution in [-0.2, 0) is 6.42 Å². The minimum atomic E-state index is -0.140. The van der Waals surface area contributed by atoms with Crippen LogP contribution in [0, 0.1) is 6.92 Å². The molecule has 1 saturated heterocycles. The molecule has 37 heavy (non-hydrogen) atoms. The van der Waals surface area contributed by atoms with Crippen LogP contribution in [0.1, 0.15) is 28.5 Å². The van der Waals surface area contributed by atoms with E-state index in [9.17, 15) is 4.79 Å². The Morgan fingerprint density at radius 3 is 2.57 bits per heavy atom. The topological polar surface area (TPSA) is 57.7 Å². The van der Waals surface area contributed by atoms with Gasteiger partial charge < -0.3 is 15.0 Å². The fourth-order valence-electron chi connectivity index (χ4n) is 5.13. The molecule has 0 bridgehead atoms. The number of pyridine rings is 1. The third-order valence-corrected chi connectivity index (χ3v) is 7.17. The molecule has 0 radical (unpaired) electrons. The summed E-state index contributed by atoms with van der Waals surface area (Å²) < 4.78 is 5.24. The van der Waals surface area contributed by atoms with Crippen molar-refractivity contribution in [2.45, 2.75) is 26.3 Å². The third kappa shape index (κ3) is 5.75. The van der Waals surface area contributed by atoms with Crippen molar-refractivity contribution in [3.05, 3.63) is 95.7 Å². The average molecular weight is 495 g/mol. The maximum absolute atomic E-state index is 12.7. The van der Waals surface area contributed by atoms with E-state index in [1.54, 1.807) is 19.2 Å². The summed E-state index contributed by atoms with van der Waals surface area (Å²) in [6, 6.07) is 26.5. The van der Waals surface area contributed by atoms with E-state index in [0.29, 0.717) is 17.4 Å². The number of carbonyl (C=O) groups is 1. The highest BCUT2D eigenvalue weighted by atomic mass is 16.5. The highest BCUT2D eigenvalue weighted by Crippen LogP contribution is 2.27. The molecule has 0 spiro atoms. The zero-order valence-electron chi connectivity index (χ0n) is 21.8. The fraction of sp³-hybridized carbons (Fsp3) is 0.290. The van der Waals surface area contributed by atoms with E-state index in [1.165, 1.54) is 16.6 Å². The van der Waals surface area contributed by atoms with Gasteiger partial charge in [0.15, 0.2) is 0 Å². The number of hydrogen-bond donors (Lipinski definition) is 1. The number of anilines is 2. The van der Waals surface area contributed by atoms with Crippen LogP contribution in [0.25, 0.3) is 10.9 Å². The zero-order chi connectivity index (χ0) is 25.8. The zero-order valence-corrected chi connectivity index (χ0v) is 21.8. The van der Waals surface area contributed by atoms with Crippen molar-refractivity contribution in [2.75, 3.05) is 43.5 Å². The Bertz CT molecular complexity index is 1400. The second-order valence-electron chi connectivity index (χ2n) is 9.76. The van der Waals surface area contributed by atoms with Gasteiger partial charge in [0.1, 0.15) is 5.75 Å². The number of fused-ring (bicyclic) bond motifs is 1. The van der Waals surface area contributed by atoms with Gasteiger partial charge in [0.25, 0.3) is 5.91 Å². The molecule has 3 aromatic carbocycles. The number of benzene rings is 3. The molecule has 5 rings (SSSR count). The molecule has 4 aromatic rings. The number of amides is 1. The number of hydrogen-bond acceptors (Lipinski definition) is 5. The molecule has 0 saturated carbocycles. The first kappa shape index (κ1) is 24.8. The Kier molecular flexibility index (Phi) is 7.37. The number of piperazine rings is 1. The molecule has 190 valence electrons. The maximum Gasteiger partial charge on any atom is 0.255 e. The second kappa shape index (κ2) is 11.0. The van der Waals surface area contributed by atoms with Crippen LogP contribution < -0.4 is 15.0 Å². The number of carbonyl (C=O) groups excluding carboxylic acids is 1. The van der Waals surface area contributed by atoms with Crippen LogP contribution in [-0.4, -0.2) is 55.1 Å². The molecule has 2 heterocycles. The van der Waals surface area contributed by atoms with Crippen molar-refractivity contribution in [3.8, 4) is 5.75 Å². The second-order valence-corrected chi connectivity index (χ2v) is 9.76. The number of nitrogens with one attached hydrogen (secondary N) is 1. The summed E-state index contributed by atoms with van der Waals surface area (Å²) in [7, 11) is 1.60. The molecule has 1 atom stereocenters. The molecule has 1 amide bonds. The van der Waals surface area contributed by atoms with Crippen LogP contribution in [0.4, 0.5) is 11.4 Å². The van der Waals surface area contributed by atoms with Gasteiger partial charge in [-0.25, -0.2) is 0 Å². The average Bonchev–Trinajstić information content (AvgIpc) is 2.93. The molecule has 1 unspecified atom stereocenters. The van der Waals surface area contributed by atoms with E-state index in [-0.39, 0.29) is 5.91 Å². The Balaban J connectivity index is 1.19. The third-order valence-electron chi connectivity index (χ3n) is 7.17. The van der Waals surface area contributed by atoms with Gasteiger partial charge in [-0.15, -0.1) is 0 Å². The SMILES string of the molecule is COc1cccc(C(=O)Nc2cccc(CC(C)N3CCN(c4cccc5nc(C)ccc45)CC3)c2)c1. The molecule has 6 nitrogen and oxygen atoms in total. The summed E-state index contributed by atoms with van der Waals surface area (Å²) >= 11 is 0. The van der Waals surface area contributed by atoms with Gasteiger partial charge in [-0.05, 0) is 80.4 Å². The predicted octanol–water partition coefficient (Wildman–Crippen LogP) is 5.56. The Labute approximate surface area is 218 Å². The fourth-order valence-corrected chi connectivity index (χ4v) is 5.13. The predicted molar refractivity (Wildman–Crippen MR) is 151 cm³/mol. The van der Waals surface area contributed by atoms with Crippen molar-refractivity contribution >= 4 is 28.2 Å². The molecule has 1 aromatic heterocycles. The lowest BCUT2D eigenvalue weighted by Crippen LogP contribution is -2.50. The lowest BCUT2D eigenvalue weighted by atomic mass is 10.0. The quantitative estimate of drug-likeness (QED) is 0.365. The van der Waals surface area contributed by atoms with E-state index < -0.39 is 0 Å². The van der Waals surface area contributed by atoms with E-state index in [4.69, 9.17) is 9.72 Å². The molecule has 1 fully saturated rings. The normalized spacial score (nSPS) is 14.9. The van der Waals surface area contributed by atoms with Crippen LogP contribution in [0.15, 0.2) is 78.9 Å². The lowest BCUT2D eigenvalue weighted by Gasteiger charge is -2.39. The van der Waals surface area contributed by atoms with Crippen LogP contribution in [0.3, 0.4) is 0 Å². The van der Waals surface area contributed by atoms with E-state index >= 15 is 0 Å². The standard InChI is InChI=1S/C31H34N4O2/c1-22-13-14-28-29(32-22)11-6-12-30(28)35-17-15-34(16-18-35)23(2)19-24-7-4-9-26(20-24)33-31(36)25-8-5-10-27(21-25)37-3/h4-14,20-21,23H,15-19H2,1-3H3,(H,33,36). The van der Waals surface area contributed by atoms with E-state index in [2.05, 4.69) is 64.5 Å². The Morgan fingerprint density at radius 1 is 0.973 bits per heavy atom. The first-order valence-electron chi connectivity index (χ1n) is 12.9. The van der Waals surface area contributed by atoms with Crippen LogP contribution in [0.5, 0.6) is 5.75 Å². The lowest BCUT2D eigenvalue weighted by molar-refractivity contribution is 0.102. The van der Waals surface area contributed by atoms with E-state index in [1.807, 2.05) is 31.2 Å². The smallest absolute Gasteiger partial charge is 0.255 e. The summed E-state index contributed by atoms with van der Waals surface area (Å²) in [4.78, 5) is 22.5. The monoisotopic (exact) mass is 494 g/mol. The highest BCUT2D eigenvalue weighted by molar-refractivity contribution is 6.04. The largest absolute Gasteiger partial charge is 0.497 e.